The van der Waals surface area contributed by atoms with Gasteiger partial charge in [-0.05, 0) is 30.9 Å². The molecule has 2 fully saturated rings. The van der Waals surface area contributed by atoms with Crippen molar-refractivity contribution in [1.29, 1.82) is 0 Å². The number of sulfonamides is 1. The van der Waals surface area contributed by atoms with E-state index in [1.54, 1.807) is 41.4 Å². The van der Waals surface area contributed by atoms with Gasteiger partial charge in [-0.15, -0.1) is 0 Å². The first-order valence-electron chi connectivity index (χ1n) is 7.85. The number of nitrogens with one attached hydrogen (secondary N) is 1. The number of carbonyl (C=O) groups is 1. The van der Waals surface area contributed by atoms with Crippen molar-refractivity contribution in [3.8, 4) is 0 Å². The Morgan fingerprint density at radius 1 is 1.09 bits per heavy atom. The summed E-state index contributed by atoms with van der Waals surface area (Å²) in [5.41, 5.74) is 0. The Labute approximate surface area is 136 Å². The average molecular weight is 335 g/mol. The van der Waals surface area contributed by atoms with Crippen LogP contribution in [0.3, 0.4) is 0 Å². The molecule has 2 aliphatic rings. The Balaban J connectivity index is 1.54. The highest BCUT2D eigenvalue weighted by Gasteiger charge is 2.29. The molecule has 1 saturated heterocycles. The third-order valence-electron chi connectivity index (χ3n) is 4.10. The van der Waals surface area contributed by atoms with Crippen LogP contribution >= 0.6 is 0 Å². The smallest absolute Gasteiger partial charge is 0.321 e. The van der Waals surface area contributed by atoms with Crippen LogP contribution in [0.25, 0.3) is 0 Å². The zero-order valence-electron chi connectivity index (χ0n) is 12.9. The topological polar surface area (TPSA) is 69.7 Å². The molecular formula is C16H21N3O3S. The van der Waals surface area contributed by atoms with Crippen molar-refractivity contribution in [2.24, 2.45) is 5.92 Å². The Hall–Kier alpha value is -1.86. The van der Waals surface area contributed by atoms with Crippen molar-refractivity contribution < 1.29 is 13.2 Å². The van der Waals surface area contributed by atoms with Crippen LogP contribution in [0, 0.1) is 5.92 Å². The van der Waals surface area contributed by atoms with Gasteiger partial charge in [0.25, 0.3) is 0 Å². The average Bonchev–Trinajstić information content (AvgIpc) is 3.40. The van der Waals surface area contributed by atoms with Crippen LogP contribution in [0.5, 0.6) is 0 Å². The molecule has 1 saturated carbocycles. The molecule has 3 rings (SSSR count). The number of allylic oxidation sites excluding steroid dienone is 1. The molecule has 6 nitrogen and oxygen atoms in total. The van der Waals surface area contributed by atoms with Crippen LogP contribution in [0.15, 0.2) is 47.5 Å². The summed E-state index contributed by atoms with van der Waals surface area (Å²) in [4.78, 5) is 14.0. The molecule has 1 aliphatic heterocycles. The van der Waals surface area contributed by atoms with Gasteiger partial charge in [0, 0.05) is 32.4 Å². The molecule has 1 N–H and O–H groups in total. The number of hydrogen-bond donors (Lipinski definition) is 1. The third-order valence-corrected chi connectivity index (χ3v) is 6.02. The van der Waals surface area contributed by atoms with Crippen LogP contribution in [0.1, 0.15) is 12.8 Å². The predicted octanol–water partition coefficient (Wildman–Crippen LogP) is 1.63. The number of urea groups is 1. The number of nitrogens with zero attached hydrogens (tertiary/aromatic N) is 2. The minimum absolute atomic E-state index is 0.168. The normalized spacial score (nSPS) is 19.9. The molecule has 0 bridgehead atoms. The van der Waals surface area contributed by atoms with E-state index in [0.717, 1.165) is 0 Å². The SMILES string of the molecule is O=C(N/C=C/C1CC1)N1CCN(S(=O)(=O)c2ccccc2)CC1. The summed E-state index contributed by atoms with van der Waals surface area (Å²) in [5.74, 6) is 0.614. The minimum Gasteiger partial charge on any atom is -0.322 e. The van der Waals surface area contributed by atoms with Crippen molar-refractivity contribution in [3.05, 3.63) is 42.6 Å². The maximum Gasteiger partial charge on any atom is 0.321 e. The molecule has 1 aliphatic carbocycles. The van der Waals surface area contributed by atoms with Crippen LogP contribution in [0.4, 0.5) is 4.79 Å². The first kappa shape index (κ1) is 16.0. The largest absolute Gasteiger partial charge is 0.322 e. The van der Waals surface area contributed by atoms with Crippen LogP contribution in [-0.4, -0.2) is 49.8 Å². The Morgan fingerprint density at radius 3 is 2.35 bits per heavy atom. The zero-order valence-corrected chi connectivity index (χ0v) is 13.7. The van der Waals surface area contributed by atoms with Crippen LogP contribution < -0.4 is 5.32 Å². The Kier molecular flexibility index (Phi) is 4.68. The lowest BCUT2D eigenvalue weighted by Crippen LogP contribution is -2.52. The molecule has 1 heterocycles. The molecular weight excluding hydrogens is 314 g/mol. The molecule has 0 spiro atoms. The van der Waals surface area contributed by atoms with Gasteiger partial charge in [-0.25, -0.2) is 13.2 Å². The molecule has 0 atom stereocenters. The highest BCUT2D eigenvalue weighted by Crippen LogP contribution is 2.29. The highest BCUT2D eigenvalue weighted by atomic mass is 32.2. The first-order chi connectivity index (χ1) is 11.1. The third kappa shape index (κ3) is 3.92. The van der Waals surface area contributed by atoms with Gasteiger partial charge >= 0.3 is 6.03 Å². The number of rotatable bonds is 4. The molecule has 1 aromatic rings. The Bertz CT molecular complexity index is 676. The number of hydrogen-bond acceptors (Lipinski definition) is 3. The fourth-order valence-corrected chi connectivity index (χ4v) is 3.95. The van der Waals surface area contributed by atoms with Gasteiger partial charge in [-0.2, -0.15) is 4.31 Å². The fraction of sp³-hybridized carbons (Fsp3) is 0.438. The van der Waals surface area contributed by atoms with Gasteiger partial charge in [-0.3, -0.25) is 0 Å². The van der Waals surface area contributed by atoms with E-state index in [4.69, 9.17) is 0 Å². The molecule has 23 heavy (non-hydrogen) atoms. The molecule has 1 aromatic carbocycles. The zero-order chi connectivity index (χ0) is 16.3. The monoisotopic (exact) mass is 335 g/mol. The number of amides is 2. The highest BCUT2D eigenvalue weighted by molar-refractivity contribution is 7.89. The van der Waals surface area contributed by atoms with Crippen LogP contribution in [0.2, 0.25) is 0 Å². The lowest BCUT2D eigenvalue weighted by Gasteiger charge is -2.33. The van der Waals surface area contributed by atoms with Gasteiger partial charge < -0.3 is 10.2 Å². The quantitative estimate of drug-likeness (QED) is 0.909. The van der Waals surface area contributed by atoms with Crippen molar-refractivity contribution in [2.45, 2.75) is 17.7 Å². The fourth-order valence-electron chi connectivity index (χ4n) is 2.51. The molecule has 0 radical (unpaired) electrons. The summed E-state index contributed by atoms with van der Waals surface area (Å²) in [7, 11) is -3.47. The molecule has 0 aromatic heterocycles. The summed E-state index contributed by atoms with van der Waals surface area (Å²) < 4.78 is 26.5. The minimum atomic E-state index is -3.47. The molecule has 124 valence electrons. The maximum absolute atomic E-state index is 12.5. The lowest BCUT2D eigenvalue weighted by molar-refractivity contribution is 0.175. The van der Waals surface area contributed by atoms with E-state index in [2.05, 4.69) is 5.32 Å². The van der Waals surface area contributed by atoms with Gasteiger partial charge in [0.15, 0.2) is 0 Å². The summed E-state index contributed by atoms with van der Waals surface area (Å²) in [5, 5.41) is 2.75. The molecule has 2 amide bonds. The second-order valence-corrected chi connectivity index (χ2v) is 7.79. The van der Waals surface area contributed by atoms with Crippen molar-refractivity contribution in [3.63, 3.8) is 0 Å². The summed E-state index contributed by atoms with van der Waals surface area (Å²) >= 11 is 0. The number of benzene rings is 1. The van der Waals surface area contributed by atoms with Gasteiger partial charge in [0.05, 0.1) is 4.90 Å². The lowest BCUT2D eigenvalue weighted by atomic mass is 10.4. The van der Waals surface area contributed by atoms with Crippen molar-refractivity contribution in [1.82, 2.24) is 14.5 Å². The number of carbonyl (C=O) groups excluding carboxylic acids is 1. The van der Waals surface area contributed by atoms with E-state index in [1.807, 2.05) is 6.08 Å². The van der Waals surface area contributed by atoms with E-state index in [9.17, 15) is 13.2 Å². The van der Waals surface area contributed by atoms with E-state index >= 15 is 0 Å². The van der Waals surface area contributed by atoms with E-state index in [0.29, 0.717) is 37.0 Å². The summed E-state index contributed by atoms with van der Waals surface area (Å²) in [6.45, 7) is 1.43. The molecule has 0 unspecified atom stereocenters. The second-order valence-electron chi connectivity index (χ2n) is 5.85. The summed E-state index contributed by atoms with van der Waals surface area (Å²) in [6, 6.07) is 8.23. The molecule has 7 heteroatoms. The second kappa shape index (κ2) is 6.72. The van der Waals surface area contributed by atoms with Crippen molar-refractivity contribution in [2.75, 3.05) is 26.2 Å². The van der Waals surface area contributed by atoms with Crippen molar-refractivity contribution >= 4 is 16.1 Å². The van der Waals surface area contributed by atoms with Gasteiger partial charge in [0.1, 0.15) is 0 Å². The van der Waals surface area contributed by atoms with E-state index in [-0.39, 0.29) is 6.03 Å². The van der Waals surface area contributed by atoms with E-state index in [1.165, 1.54) is 17.1 Å². The Morgan fingerprint density at radius 2 is 1.74 bits per heavy atom. The first-order valence-corrected chi connectivity index (χ1v) is 9.29. The predicted molar refractivity (Wildman–Crippen MR) is 87.2 cm³/mol. The number of piperazine rings is 1. The van der Waals surface area contributed by atoms with E-state index < -0.39 is 10.0 Å². The van der Waals surface area contributed by atoms with Gasteiger partial charge in [-0.1, -0.05) is 24.3 Å². The summed E-state index contributed by atoms with van der Waals surface area (Å²) in [6.07, 6.45) is 6.10. The maximum atomic E-state index is 12.5. The van der Waals surface area contributed by atoms with Gasteiger partial charge in [0.2, 0.25) is 10.0 Å². The van der Waals surface area contributed by atoms with Crippen LogP contribution in [-0.2, 0) is 10.0 Å². The standard InChI is InChI=1S/C16H21N3O3S/c20-16(17-9-8-14-6-7-14)18-10-12-19(13-11-18)23(21,22)15-4-2-1-3-5-15/h1-5,8-9,14H,6-7,10-13H2,(H,17,20)/b9-8+.